The first-order valence-electron chi connectivity index (χ1n) is 2.45. The summed E-state index contributed by atoms with van der Waals surface area (Å²) in [6, 6.07) is 0. The molecular formula is C6H9NO2. The van der Waals surface area contributed by atoms with E-state index in [4.69, 9.17) is 0 Å². The lowest BCUT2D eigenvalue weighted by Crippen LogP contribution is -2.23. The minimum atomic E-state index is -0.343. The third-order valence-corrected chi connectivity index (χ3v) is 0.823. The van der Waals surface area contributed by atoms with Crippen LogP contribution in [-0.4, -0.2) is 31.2 Å². The van der Waals surface area contributed by atoms with Crippen molar-refractivity contribution in [2.24, 2.45) is 0 Å². The lowest BCUT2D eigenvalue weighted by molar-refractivity contribution is -0.125. The van der Waals surface area contributed by atoms with Gasteiger partial charge in [0.15, 0.2) is 6.29 Å². The second-order valence-electron chi connectivity index (χ2n) is 1.84. The van der Waals surface area contributed by atoms with Gasteiger partial charge in [-0.1, -0.05) is 6.58 Å². The fourth-order valence-electron chi connectivity index (χ4n) is 0.338. The monoisotopic (exact) mass is 127 g/mol. The number of nitrogens with zero attached hydrogens (tertiary/aromatic N) is 1. The van der Waals surface area contributed by atoms with Crippen LogP contribution in [0.3, 0.4) is 0 Å². The Bertz CT molecular complexity index is 149. The van der Waals surface area contributed by atoms with Gasteiger partial charge in [-0.25, -0.2) is 0 Å². The molecule has 0 aliphatic heterocycles. The Morgan fingerprint density at radius 3 is 2.11 bits per heavy atom. The highest BCUT2D eigenvalue weighted by atomic mass is 16.2. The Kier molecular flexibility index (Phi) is 2.64. The van der Waals surface area contributed by atoms with Crippen LogP contribution in [0.5, 0.6) is 0 Å². The van der Waals surface area contributed by atoms with E-state index in [1.807, 2.05) is 0 Å². The summed E-state index contributed by atoms with van der Waals surface area (Å²) in [4.78, 5) is 21.9. The van der Waals surface area contributed by atoms with Gasteiger partial charge >= 0.3 is 0 Å². The third-order valence-electron chi connectivity index (χ3n) is 0.823. The van der Waals surface area contributed by atoms with Crippen LogP contribution in [0.4, 0.5) is 0 Å². The van der Waals surface area contributed by atoms with Gasteiger partial charge in [-0.05, 0) is 0 Å². The maximum absolute atomic E-state index is 10.7. The quantitative estimate of drug-likeness (QED) is 0.223. The molecule has 0 bridgehead atoms. The molecule has 1 amide bonds. The Morgan fingerprint density at radius 2 is 2.00 bits per heavy atom. The number of hydrogen-bond acceptors (Lipinski definition) is 2. The minimum Gasteiger partial charge on any atom is -0.345 e. The van der Waals surface area contributed by atoms with E-state index in [-0.39, 0.29) is 11.5 Å². The van der Waals surface area contributed by atoms with Crippen LogP contribution in [0, 0.1) is 0 Å². The van der Waals surface area contributed by atoms with Gasteiger partial charge in [-0.2, -0.15) is 0 Å². The van der Waals surface area contributed by atoms with Gasteiger partial charge in [0.25, 0.3) is 5.91 Å². The molecule has 0 heterocycles. The number of hydrogen-bond donors (Lipinski definition) is 0. The second kappa shape index (κ2) is 3.02. The first-order chi connectivity index (χ1) is 4.09. The fraction of sp³-hybridized carbons (Fsp3) is 0.333. The summed E-state index contributed by atoms with van der Waals surface area (Å²) in [5.41, 5.74) is -0.0139. The molecule has 0 atom stereocenters. The molecule has 0 unspecified atom stereocenters. The van der Waals surface area contributed by atoms with E-state index >= 15 is 0 Å². The summed E-state index contributed by atoms with van der Waals surface area (Å²) in [6.45, 7) is 3.24. The average Bonchev–Trinajstić information content (AvgIpc) is 1.84. The van der Waals surface area contributed by atoms with Crippen LogP contribution in [0.25, 0.3) is 0 Å². The Morgan fingerprint density at radius 1 is 1.56 bits per heavy atom. The van der Waals surface area contributed by atoms with E-state index in [1.54, 1.807) is 14.1 Å². The first kappa shape index (κ1) is 7.88. The van der Waals surface area contributed by atoms with Gasteiger partial charge < -0.3 is 4.90 Å². The van der Waals surface area contributed by atoms with Gasteiger partial charge in [-0.3, -0.25) is 9.59 Å². The van der Waals surface area contributed by atoms with Crippen LogP contribution in [0.15, 0.2) is 12.2 Å². The number of amides is 1. The van der Waals surface area contributed by atoms with E-state index < -0.39 is 0 Å². The molecule has 0 aromatic carbocycles. The maximum atomic E-state index is 10.7. The van der Waals surface area contributed by atoms with Gasteiger partial charge in [0.2, 0.25) is 0 Å². The fourth-order valence-corrected chi connectivity index (χ4v) is 0.338. The van der Waals surface area contributed by atoms with Gasteiger partial charge in [-0.15, -0.1) is 0 Å². The molecule has 0 aromatic heterocycles. The molecule has 0 saturated carbocycles. The summed E-state index contributed by atoms with van der Waals surface area (Å²) in [6.07, 6.45) is 0.447. The van der Waals surface area contributed by atoms with Crippen molar-refractivity contribution in [2.45, 2.75) is 0 Å². The average molecular weight is 127 g/mol. The zero-order valence-electron chi connectivity index (χ0n) is 5.55. The number of aldehydes is 1. The molecule has 0 rings (SSSR count). The molecular weight excluding hydrogens is 118 g/mol. The van der Waals surface area contributed by atoms with Crippen molar-refractivity contribution in [3.8, 4) is 0 Å². The van der Waals surface area contributed by atoms with Gasteiger partial charge in [0.05, 0.1) is 5.57 Å². The highest BCUT2D eigenvalue weighted by Crippen LogP contribution is 1.88. The van der Waals surface area contributed by atoms with Crippen molar-refractivity contribution in [2.75, 3.05) is 14.1 Å². The van der Waals surface area contributed by atoms with Crippen molar-refractivity contribution >= 4 is 12.2 Å². The van der Waals surface area contributed by atoms with E-state index in [0.717, 1.165) is 0 Å². The molecule has 0 aromatic rings. The molecule has 0 radical (unpaired) electrons. The molecule has 50 valence electrons. The SMILES string of the molecule is C=C(C=O)C(=O)N(C)C. The molecule has 0 saturated heterocycles. The number of carbonyl (C=O) groups is 2. The summed E-state index contributed by atoms with van der Waals surface area (Å²) in [7, 11) is 3.13. The smallest absolute Gasteiger partial charge is 0.256 e. The molecule has 3 heteroatoms. The van der Waals surface area contributed by atoms with Crippen LogP contribution in [-0.2, 0) is 9.59 Å². The second-order valence-corrected chi connectivity index (χ2v) is 1.84. The molecule has 0 aliphatic carbocycles. The normalized spacial score (nSPS) is 8.22. The number of rotatable bonds is 2. The van der Waals surface area contributed by atoms with Crippen LogP contribution in [0.2, 0.25) is 0 Å². The summed E-state index contributed by atoms with van der Waals surface area (Å²) in [5.74, 6) is -0.343. The molecule has 0 spiro atoms. The van der Waals surface area contributed by atoms with Crippen molar-refractivity contribution in [3.63, 3.8) is 0 Å². The lowest BCUT2D eigenvalue weighted by atomic mass is 10.3. The molecule has 0 fully saturated rings. The predicted octanol–water partition coefficient (Wildman–Crippen LogP) is -0.170. The van der Waals surface area contributed by atoms with Gasteiger partial charge in [0, 0.05) is 14.1 Å². The highest BCUT2D eigenvalue weighted by molar-refractivity contribution is 6.09. The van der Waals surface area contributed by atoms with E-state index in [1.165, 1.54) is 4.90 Å². The van der Waals surface area contributed by atoms with E-state index in [2.05, 4.69) is 6.58 Å². The topological polar surface area (TPSA) is 37.4 Å². The standard InChI is InChI=1S/C6H9NO2/c1-5(4-8)6(9)7(2)3/h4H,1H2,2-3H3. The molecule has 0 N–H and O–H groups in total. The van der Waals surface area contributed by atoms with E-state index in [0.29, 0.717) is 6.29 Å². The lowest BCUT2D eigenvalue weighted by Gasteiger charge is -2.07. The number of carbonyl (C=O) groups excluding carboxylic acids is 2. The van der Waals surface area contributed by atoms with E-state index in [9.17, 15) is 9.59 Å². The summed E-state index contributed by atoms with van der Waals surface area (Å²) >= 11 is 0. The highest BCUT2D eigenvalue weighted by Gasteiger charge is 2.05. The van der Waals surface area contributed by atoms with Crippen LogP contribution < -0.4 is 0 Å². The largest absolute Gasteiger partial charge is 0.345 e. The summed E-state index contributed by atoms with van der Waals surface area (Å²) < 4.78 is 0. The molecule has 0 aliphatic rings. The summed E-state index contributed by atoms with van der Waals surface area (Å²) in [5, 5.41) is 0. The van der Waals surface area contributed by atoms with Crippen LogP contribution in [0.1, 0.15) is 0 Å². The Hall–Kier alpha value is -1.12. The Labute approximate surface area is 54.0 Å². The zero-order valence-corrected chi connectivity index (χ0v) is 5.55. The van der Waals surface area contributed by atoms with Crippen molar-refractivity contribution in [3.05, 3.63) is 12.2 Å². The number of likely N-dealkylation sites (N-methyl/N-ethyl adjacent to an activating group) is 1. The molecule has 9 heavy (non-hydrogen) atoms. The van der Waals surface area contributed by atoms with Crippen LogP contribution >= 0.6 is 0 Å². The van der Waals surface area contributed by atoms with Gasteiger partial charge in [0.1, 0.15) is 0 Å². The van der Waals surface area contributed by atoms with Crippen molar-refractivity contribution < 1.29 is 9.59 Å². The zero-order chi connectivity index (χ0) is 7.44. The van der Waals surface area contributed by atoms with Crippen molar-refractivity contribution in [1.82, 2.24) is 4.90 Å². The minimum absolute atomic E-state index is 0.0139. The van der Waals surface area contributed by atoms with Crippen molar-refractivity contribution in [1.29, 1.82) is 0 Å². The molecule has 3 nitrogen and oxygen atoms in total. The first-order valence-corrected chi connectivity index (χ1v) is 2.45. The third kappa shape index (κ3) is 2.08. The predicted molar refractivity (Wildman–Crippen MR) is 33.9 cm³/mol. The Balaban J connectivity index is 4.04. The maximum Gasteiger partial charge on any atom is 0.256 e.